The summed E-state index contributed by atoms with van der Waals surface area (Å²) < 4.78 is 47.4. The number of halogens is 3. The van der Waals surface area contributed by atoms with Crippen LogP contribution < -0.4 is 10.6 Å². The molecule has 34 heavy (non-hydrogen) atoms. The van der Waals surface area contributed by atoms with E-state index in [4.69, 9.17) is 4.74 Å². The molecule has 8 nitrogen and oxygen atoms in total. The van der Waals surface area contributed by atoms with Crippen molar-refractivity contribution in [3.8, 4) is 11.5 Å². The summed E-state index contributed by atoms with van der Waals surface area (Å²) in [5.74, 6) is -2.73. The molecule has 11 heteroatoms. The van der Waals surface area contributed by atoms with Crippen molar-refractivity contribution in [2.45, 2.75) is 51.8 Å². The molecule has 182 valence electrons. The number of methoxy groups -OCH3 is 1. The van der Waals surface area contributed by atoms with Crippen LogP contribution in [0.1, 0.15) is 46.0 Å². The van der Waals surface area contributed by atoms with E-state index in [1.165, 1.54) is 38.2 Å². The van der Waals surface area contributed by atoms with Gasteiger partial charge in [0.15, 0.2) is 5.82 Å². The number of ether oxygens (including phenoxy) is 1. The highest BCUT2D eigenvalue weighted by Gasteiger charge is 2.27. The molecule has 0 spiro atoms. The third-order valence-electron chi connectivity index (χ3n) is 4.91. The molecule has 3 heterocycles. The Hall–Kier alpha value is -3.34. The van der Waals surface area contributed by atoms with E-state index in [1.54, 1.807) is 19.2 Å². The molecular weight excluding hydrogens is 447 g/mol. The van der Waals surface area contributed by atoms with E-state index < -0.39 is 22.9 Å². The molecule has 0 saturated carbocycles. The van der Waals surface area contributed by atoms with Gasteiger partial charge in [-0.3, -0.25) is 4.98 Å². The van der Waals surface area contributed by atoms with Crippen molar-refractivity contribution >= 4 is 17.6 Å². The maximum absolute atomic E-state index is 14.3. The number of nitrogens with one attached hydrogen (secondary N) is 2. The molecule has 0 radical (unpaired) electrons. The van der Waals surface area contributed by atoms with Gasteiger partial charge in [-0.15, -0.1) is 0 Å². The van der Waals surface area contributed by atoms with Gasteiger partial charge in [0.1, 0.15) is 17.1 Å². The Labute approximate surface area is 196 Å². The highest BCUT2D eigenvalue weighted by Crippen LogP contribution is 2.28. The second-order valence-corrected chi connectivity index (χ2v) is 8.95. The van der Waals surface area contributed by atoms with Crippen molar-refractivity contribution in [3.63, 3.8) is 0 Å². The van der Waals surface area contributed by atoms with E-state index in [1.807, 2.05) is 13.8 Å². The lowest BCUT2D eigenvalue weighted by Gasteiger charge is -2.23. The first kappa shape index (κ1) is 25.3. The largest absolute Gasteiger partial charge is 0.377 e. The molecular formula is C23H28F3N7O. The quantitative estimate of drug-likeness (QED) is 0.434. The fourth-order valence-corrected chi connectivity index (χ4v) is 2.76. The first-order valence-corrected chi connectivity index (χ1v) is 10.6. The third kappa shape index (κ3) is 6.60. The van der Waals surface area contributed by atoms with Gasteiger partial charge in [-0.05, 0) is 52.0 Å². The van der Waals surface area contributed by atoms with Crippen LogP contribution in [0, 0.1) is 0 Å². The van der Waals surface area contributed by atoms with Crippen molar-refractivity contribution in [2.75, 3.05) is 24.3 Å². The van der Waals surface area contributed by atoms with Gasteiger partial charge in [-0.2, -0.15) is 23.7 Å². The van der Waals surface area contributed by atoms with E-state index in [-0.39, 0.29) is 29.1 Å². The van der Waals surface area contributed by atoms with Gasteiger partial charge in [0, 0.05) is 32.5 Å². The zero-order valence-corrected chi connectivity index (χ0v) is 19.9. The number of hydrogen-bond donors (Lipinski definition) is 2. The highest BCUT2D eigenvalue weighted by atomic mass is 19.3. The summed E-state index contributed by atoms with van der Waals surface area (Å²) in [6, 6.07) is 7.41. The molecule has 0 atom stereocenters. The number of hydrogen-bond acceptors (Lipinski definition) is 8. The topological polar surface area (TPSA) is 97.7 Å². The summed E-state index contributed by atoms with van der Waals surface area (Å²) in [6.45, 7) is 7.71. The van der Waals surface area contributed by atoms with Crippen LogP contribution in [-0.4, -0.2) is 44.2 Å². The smallest absolute Gasteiger partial charge is 0.286 e. The average Bonchev–Trinajstić information content (AvgIpc) is 2.77. The Morgan fingerprint density at radius 3 is 2.24 bits per heavy atom. The minimum Gasteiger partial charge on any atom is -0.377 e. The zero-order valence-electron chi connectivity index (χ0n) is 19.9. The molecule has 0 saturated heterocycles. The van der Waals surface area contributed by atoms with Crippen LogP contribution in [0.25, 0.3) is 11.5 Å². The summed E-state index contributed by atoms with van der Waals surface area (Å²) in [5, 5.41) is 6.08. The lowest BCUT2D eigenvalue weighted by Crippen LogP contribution is -2.32. The van der Waals surface area contributed by atoms with Crippen molar-refractivity contribution in [3.05, 3.63) is 47.9 Å². The minimum absolute atomic E-state index is 0.0847. The monoisotopic (exact) mass is 475 g/mol. The van der Waals surface area contributed by atoms with Gasteiger partial charge in [-0.25, -0.2) is 9.37 Å². The molecule has 3 rings (SSSR count). The summed E-state index contributed by atoms with van der Waals surface area (Å²) in [5.41, 5.74) is -1.69. The second-order valence-electron chi connectivity index (χ2n) is 8.95. The van der Waals surface area contributed by atoms with Gasteiger partial charge >= 0.3 is 0 Å². The molecule has 0 unspecified atom stereocenters. The van der Waals surface area contributed by atoms with Gasteiger partial charge < -0.3 is 15.4 Å². The maximum Gasteiger partial charge on any atom is 0.286 e. The molecule has 0 aliphatic rings. The first-order chi connectivity index (χ1) is 15.8. The standard InChI is InChI=1S/C23H28F3N7O/c1-21(2,34-6)13-28-19-31-18(15-8-7-9-16(30-15)23(5,25)26)32-20(33-19)29-14-10-11-27-17(12-14)22(3,4)24/h7-12H,13H2,1-6H3,(H2,27,28,29,31,32,33). The molecule has 3 aromatic rings. The highest BCUT2D eigenvalue weighted by molar-refractivity contribution is 5.59. The first-order valence-electron chi connectivity index (χ1n) is 10.6. The lowest BCUT2D eigenvalue weighted by molar-refractivity contribution is 0.0128. The molecule has 0 amide bonds. The normalized spacial score (nSPS) is 12.5. The fraction of sp³-hybridized carbons (Fsp3) is 0.435. The summed E-state index contributed by atoms with van der Waals surface area (Å²) in [7, 11) is 1.58. The van der Waals surface area contributed by atoms with E-state index in [0.29, 0.717) is 12.2 Å². The minimum atomic E-state index is -3.12. The van der Waals surface area contributed by atoms with Gasteiger partial charge in [-0.1, -0.05) is 6.07 Å². The Morgan fingerprint density at radius 2 is 1.59 bits per heavy atom. The van der Waals surface area contributed by atoms with Crippen molar-refractivity contribution in [1.29, 1.82) is 0 Å². The van der Waals surface area contributed by atoms with Gasteiger partial charge in [0.2, 0.25) is 11.9 Å². The van der Waals surface area contributed by atoms with Crippen molar-refractivity contribution < 1.29 is 17.9 Å². The molecule has 2 N–H and O–H groups in total. The Kier molecular flexibility index (Phi) is 7.06. The third-order valence-corrected chi connectivity index (χ3v) is 4.91. The Morgan fingerprint density at radius 1 is 0.882 bits per heavy atom. The van der Waals surface area contributed by atoms with E-state index in [2.05, 4.69) is 35.6 Å². The molecule has 3 aromatic heterocycles. The van der Waals surface area contributed by atoms with Crippen LogP contribution in [0.15, 0.2) is 36.5 Å². The molecule has 0 bridgehead atoms. The molecule has 0 fully saturated rings. The lowest BCUT2D eigenvalue weighted by atomic mass is 10.1. The van der Waals surface area contributed by atoms with Crippen LogP contribution in [0.5, 0.6) is 0 Å². The van der Waals surface area contributed by atoms with Crippen molar-refractivity contribution in [2.24, 2.45) is 0 Å². The van der Waals surface area contributed by atoms with Crippen LogP contribution in [-0.2, 0) is 16.3 Å². The van der Waals surface area contributed by atoms with E-state index >= 15 is 0 Å². The molecule has 0 aromatic carbocycles. The number of aromatic nitrogens is 5. The number of pyridine rings is 2. The van der Waals surface area contributed by atoms with E-state index in [0.717, 1.165) is 6.92 Å². The predicted molar refractivity (Wildman–Crippen MR) is 124 cm³/mol. The fourth-order valence-electron chi connectivity index (χ4n) is 2.76. The van der Waals surface area contributed by atoms with Crippen molar-refractivity contribution in [1.82, 2.24) is 24.9 Å². The van der Waals surface area contributed by atoms with Crippen LogP contribution in [0.2, 0.25) is 0 Å². The second kappa shape index (κ2) is 9.49. The Balaban J connectivity index is 2.02. The Bertz CT molecular complexity index is 1140. The van der Waals surface area contributed by atoms with Crippen LogP contribution >= 0.6 is 0 Å². The number of alkyl halides is 3. The summed E-state index contributed by atoms with van der Waals surface area (Å²) in [6.07, 6.45) is 1.47. The van der Waals surface area contributed by atoms with Gasteiger partial charge in [0.05, 0.1) is 11.3 Å². The molecule has 0 aliphatic carbocycles. The summed E-state index contributed by atoms with van der Waals surface area (Å²) in [4.78, 5) is 21.2. The predicted octanol–water partition coefficient (Wildman–Crippen LogP) is 5.23. The average molecular weight is 476 g/mol. The number of rotatable bonds is 9. The number of anilines is 3. The number of nitrogens with zero attached hydrogens (tertiary/aromatic N) is 5. The SMILES string of the molecule is COC(C)(C)CNc1nc(Nc2ccnc(C(C)(C)F)c2)nc(-c2cccc(C(C)(F)F)n2)n1. The van der Waals surface area contributed by atoms with Crippen LogP contribution in [0.4, 0.5) is 30.8 Å². The van der Waals surface area contributed by atoms with Gasteiger partial charge in [0.25, 0.3) is 5.92 Å². The molecule has 0 aliphatic heterocycles. The summed E-state index contributed by atoms with van der Waals surface area (Å²) >= 11 is 0. The van der Waals surface area contributed by atoms with E-state index in [9.17, 15) is 13.2 Å². The zero-order chi connectivity index (χ0) is 25.1. The van der Waals surface area contributed by atoms with Crippen LogP contribution in [0.3, 0.4) is 0 Å². The maximum atomic E-state index is 14.3.